The second kappa shape index (κ2) is 7.22. The number of carbonyl (C=O) groups is 2. The molecule has 1 amide bonds. The number of nitrogens with two attached hydrogens (primary N) is 1. The third-order valence-corrected chi connectivity index (χ3v) is 2.43. The van der Waals surface area contributed by atoms with Gasteiger partial charge in [0.15, 0.2) is 0 Å². The zero-order valence-corrected chi connectivity index (χ0v) is 10.2. The molecule has 0 fully saturated rings. The first kappa shape index (κ1) is 14.9. The van der Waals surface area contributed by atoms with Gasteiger partial charge in [-0.3, -0.25) is 9.59 Å². The van der Waals surface area contributed by atoms with Gasteiger partial charge >= 0.3 is 5.97 Å². The molecule has 0 saturated heterocycles. The summed E-state index contributed by atoms with van der Waals surface area (Å²) in [7, 11) is 0. The van der Waals surface area contributed by atoms with Crippen molar-refractivity contribution in [1.82, 2.24) is 5.32 Å². The van der Waals surface area contributed by atoms with Crippen LogP contribution in [0.3, 0.4) is 0 Å². The largest absolute Gasteiger partial charge is 0.481 e. The molecule has 0 aliphatic heterocycles. The minimum Gasteiger partial charge on any atom is -0.481 e. The van der Waals surface area contributed by atoms with E-state index in [0.29, 0.717) is 18.8 Å². The minimum absolute atomic E-state index is 0.149. The summed E-state index contributed by atoms with van der Waals surface area (Å²) in [6.45, 7) is 5.90. The van der Waals surface area contributed by atoms with Crippen molar-refractivity contribution in [3.63, 3.8) is 0 Å². The van der Waals surface area contributed by atoms with Gasteiger partial charge in [0, 0.05) is 6.54 Å². The second-order valence-corrected chi connectivity index (χ2v) is 4.42. The van der Waals surface area contributed by atoms with Crippen molar-refractivity contribution in [2.75, 3.05) is 6.54 Å². The molecule has 0 aliphatic rings. The van der Waals surface area contributed by atoms with E-state index in [0.717, 1.165) is 0 Å². The summed E-state index contributed by atoms with van der Waals surface area (Å²) in [6, 6.07) is -0.550. The van der Waals surface area contributed by atoms with Gasteiger partial charge in [-0.25, -0.2) is 0 Å². The number of hydrogen-bond donors (Lipinski definition) is 3. The van der Waals surface area contributed by atoms with E-state index in [1.54, 1.807) is 6.92 Å². The molecular formula is C11H22N2O3. The highest BCUT2D eigenvalue weighted by Gasteiger charge is 2.19. The highest BCUT2D eigenvalue weighted by Crippen LogP contribution is 2.04. The summed E-state index contributed by atoms with van der Waals surface area (Å²) in [6.07, 6.45) is 1.10. The number of carboxylic acid groups (broad SMARTS) is 1. The van der Waals surface area contributed by atoms with Crippen LogP contribution in [0.25, 0.3) is 0 Å². The molecule has 0 bridgehead atoms. The molecule has 0 rings (SSSR count). The van der Waals surface area contributed by atoms with E-state index in [-0.39, 0.29) is 12.5 Å². The smallest absolute Gasteiger partial charge is 0.308 e. The van der Waals surface area contributed by atoms with Gasteiger partial charge in [0.2, 0.25) is 5.91 Å². The third kappa shape index (κ3) is 5.70. The predicted octanol–water partition coefficient (Wildman–Crippen LogP) is 0.587. The zero-order chi connectivity index (χ0) is 12.7. The van der Waals surface area contributed by atoms with Crippen LogP contribution in [0.5, 0.6) is 0 Å². The first-order chi connectivity index (χ1) is 7.38. The number of amides is 1. The Bertz CT molecular complexity index is 241. The summed E-state index contributed by atoms with van der Waals surface area (Å²) in [5, 5.41) is 11.4. The number of hydrogen-bond acceptors (Lipinski definition) is 3. The minimum atomic E-state index is -0.889. The summed E-state index contributed by atoms with van der Waals surface area (Å²) >= 11 is 0. The van der Waals surface area contributed by atoms with Crippen LogP contribution in [0.1, 0.15) is 33.6 Å². The Balaban J connectivity index is 4.00. The lowest BCUT2D eigenvalue weighted by molar-refractivity contribution is -0.141. The first-order valence-electron chi connectivity index (χ1n) is 5.64. The topological polar surface area (TPSA) is 92.4 Å². The van der Waals surface area contributed by atoms with Gasteiger partial charge in [-0.15, -0.1) is 0 Å². The van der Waals surface area contributed by atoms with Crippen molar-refractivity contribution in [2.45, 2.75) is 39.7 Å². The zero-order valence-electron chi connectivity index (χ0n) is 10.2. The van der Waals surface area contributed by atoms with E-state index in [1.807, 2.05) is 13.8 Å². The fraction of sp³-hybridized carbons (Fsp3) is 0.818. The fourth-order valence-corrected chi connectivity index (χ4v) is 1.38. The normalized spacial score (nSPS) is 14.6. The lowest BCUT2D eigenvalue weighted by Crippen LogP contribution is -2.43. The molecule has 0 aliphatic carbocycles. The monoisotopic (exact) mass is 230 g/mol. The van der Waals surface area contributed by atoms with E-state index in [9.17, 15) is 9.59 Å². The Morgan fingerprint density at radius 3 is 2.31 bits per heavy atom. The second-order valence-electron chi connectivity index (χ2n) is 4.42. The molecule has 0 aromatic carbocycles. The van der Waals surface area contributed by atoms with Gasteiger partial charge in [-0.05, 0) is 18.8 Å². The molecule has 1 unspecified atom stereocenters. The Kier molecular flexibility index (Phi) is 6.72. The number of carbonyl (C=O) groups excluding carboxylic acids is 1. The van der Waals surface area contributed by atoms with Crippen LogP contribution in [0.15, 0.2) is 0 Å². The molecular weight excluding hydrogens is 208 g/mol. The summed E-state index contributed by atoms with van der Waals surface area (Å²) in [5.41, 5.74) is 5.66. The maximum Gasteiger partial charge on any atom is 0.308 e. The van der Waals surface area contributed by atoms with E-state index in [1.165, 1.54) is 0 Å². The number of aliphatic carboxylic acids is 1. The maximum atomic E-state index is 11.5. The Hall–Kier alpha value is -1.10. The van der Waals surface area contributed by atoms with Crippen LogP contribution in [-0.2, 0) is 9.59 Å². The molecule has 0 saturated carbocycles. The quantitative estimate of drug-likeness (QED) is 0.596. The number of carboxylic acids is 1. The summed E-state index contributed by atoms with van der Waals surface area (Å²) in [4.78, 5) is 22.2. The maximum absolute atomic E-state index is 11.5. The lowest BCUT2D eigenvalue weighted by Gasteiger charge is -2.16. The molecule has 4 N–H and O–H groups in total. The van der Waals surface area contributed by atoms with Crippen molar-refractivity contribution < 1.29 is 14.7 Å². The number of rotatable bonds is 7. The molecule has 0 aromatic rings. The fourth-order valence-electron chi connectivity index (χ4n) is 1.38. The van der Waals surface area contributed by atoms with Gasteiger partial charge in [0.25, 0.3) is 0 Å². The van der Waals surface area contributed by atoms with Crippen molar-refractivity contribution >= 4 is 11.9 Å². The van der Waals surface area contributed by atoms with E-state index in [4.69, 9.17) is 10.8 Å². The van der Waals surface area contributed by atoms with Crippen LogP contribution in [0.2, 0.25) is 0 Å². The van der Waals surface area contributed by atoms with Gasteiger partial charge < -0.3 is 16.2 Å². The standard InChI is InChI=1S/C11H22N2O3/c1-4-8(11(15)16)6-13-10(14)9(12)5-7(2)3/h7-9H,4-6,12H2,1-3H3,(H,13,14)(H,15,16)/t8?,9-/m1/s1. The average Bonchev–Trinajstić information content (AvgIpc) is 2.16. The molecule has 94 valence electrons. The van der Waals surface area contributed by atoms with E-state index < -0.39 is 17.9 Å². The SMILES string of the molecule is CCC(CNC(=O)[C@H](N)CC(C)C)C(=O)O. The Morgan fingerprint density at radius 2 is 1.94 bits per heavy atom. The third-order valence-electron chi connectivity index (χ3n) is 2.43. The average molecular weight is 230 g/mol. The highest BCUT2D eigenvalue weighted by molar-refractivity contribution is 5.82. The number of nitrogens with one attached hydrogen (secondary N) is 1. The van der Waals surface area contributed by atoms with Crippen molar-refractivity contribution in [2.24, 2.45) is 17.6 Å². The molecule has 0 aromatic heterocycles. The van der Waals surface area contributed by atoms with Crippen molar-refractivity contribution in [3.05, 3.63) is 0 Å². The first-order valence-corrected chi connectivity index (χ1v) is 5.64. The Morgan fingerprint density at radius 1 is 1.38 bits per heavy atom. The predicted molar refractivity (Wildman–Crippen MR) is 61.9 cm³/mol. The van der Waals surface area contributed by atoms with Crippen LogP contribution < -0.4 is 11.1 Å². The molecule has 16 heavy (non-hydrogen) atoms. The summed E-state index contributed by atoms with van der Waals surface area (Å²) < 4.78 is 0. The van der Waals surface area contributed by atoms with Gasteiger partial charge in [-0.2, -0.15) is 0 Å². The van der Waals surface area contributed by atoms with Crippen LogP contribution in [-0.4, -0.2) is 29.6 Å². The van der Waals surface area contributed by atoms with E-state index in [2.05, 4.69) is 5.32 Å². The molecule has 0 radical (unpaired) electrons. The van der Waals surface area contributed by atoms with Crippen LogP contribution in [0.4, 0.5) is 0 Å². The lowest BCUT2D eigenvalue weighted by atomic mass is 10.0. The van der Waals surface area contributed by atoms with Crippen LogP contribution in [0, 0.1) is 11.8 Å². The Labute approximate surface area is 96.4 Å². The van der Waals surface area contributed by atoms with Gasteiger partial charge in [-0.1, -0.05) is 20.8 Å². The van der Waals surface area contributed by atoms with Gasteiger partial charge in [0.05, 0.1) is 12.0 Å². The van der Waals surface area contributed by atoms with Crippen LogP contribution >= 0.6 is 0 Å². The van der Waals surface area contributed by atoms with Gasteiger partial charge in [0.1, 0.15) is 0 Å². The molecule has 2 atom stereocenters. The molecule has 0 heterocycles. The highest BCUT2D eigenvalue weighted by atomic mass is 16.4. The van der Waals surface area contributed by atoms with E-state index >= 15 is 0 Å². The molecule has 0 spiro atoms. The molecule has 5 heteroatoms. The van der Waals surface area contributed by atoms with Crippen molar-refractivity contribution in [1.29, 1.82) is 0 Å². The van der Waals surface area contributed by atoms with Crippen molar-refractivity contribution in [3.8, 4) is 0 Å². The molecule has 5 nitrogen and oxygen atoms in total. The summed E-state index contributed by atoms with van der Waals surface area (Å²) in [5.74, 6) is -1.34.